The lowest BCUT2D eigenvalue weighted by Crippen LogP contribution is -2.30. The van der Waals surface area contributed by atoms with Crippen molar-refractivity contribution in [3.8, 4) is 0 Å². The molecule has 1 aliphatic heterocycles. The first kappa shape index (κ1) is 18.8. The van der Waals surface area contributed by atoms with E-state index in [4.69, 9.17) is 10.5 Å². The molecular formula is C21H25N3O3. The molecule has 2 aromatic carbocycles. The van der Waals surface area contributed by atoms with Crippen molar-refractivity contribution in [2.24, 2.45) is 0 Å². The highest BCUT2D eigenvalue weighted by atomic mass is 16.5. The number of ether oxygens (including phenoxy) is 1. The maximum atomic E-state index is 12.7. The summed E-state index contributed by atoms with van der Waals surface area (Å²) in [4.78, 5) is 26.5. The van der Waals surface area contributed by atoms with Crippen LogP contribution in [0.4, 0.5) is 17.1 Å². The zero-order valence-corrected chi connectivity index (χ0v) is 15.5. The molecule has 6 nitrogen and oxygen atoms in total. The van der Waals surface area contributed by atoms with Crippen molar-refractivity contribution in [3.63, 3.8) is 0 Å². The van der Waals surface area contributed by atoms with E-state index in [1.54, 1.807) is 24.3 Å². The number of nitrogen functional groups attached to an aromatic ring is 1. The van der Waals surface area contributed by atoms with E-state index in [0.29, 0.717) is 22.5 Å². The minimum Gasteiger partial charge on any atom is -0.469 e. The quantitative estimate of drug-likeness (QED) is 0.626. The van der Waals surface area contributed by atoms with Crippen LogP contribution in [-0.2, 0) is 16.0 Å². The van der Waals surface area contributed by atoms with Crippen LogP contribution in [0.5, 0.6) is 0 Å². The van der Waals surface area contributed by atoms with Crippen molar-refractivity contribution in [1.82, 2.24) is 0 Å². The summed E-state index contributed by atoms with van der Waals surface area (Å²) in [7, 11) is 1.34. The SMILES string of the molecule is COC(=O)Cc1ccccc1NC(=O)c1ccc(N2CCCCC2)c(N)c1. The molecule has 1 saturated heterocycles. The molecule has 142 valence electrons. The van der Waals surface area contributed by atoms with E-state index in [9.17, 15) is 9.59 Å². The molecule has 1 fully saturated rings. The van der Waals surface area contributed by atoms with Gasteiger partial charge in [0, 0.05) is 24.3 Å². The molecule has 0 spiro atoms. The Hall–Kier alpha value is -3.02. The molecule has 0 unspecified atom stereocenters. The third-order valence-electron chi connectivity index (χ3n) is 4.81. The third kappa shape index (κ3) is 4.58. The maximum Gasteiger partial charge on any atom is 0.310 e. The van der Waals surface area contributed by atoms with Gasteiger partial charge in [-0.05, 0) is 49.1 Å². The van der Waals surface area contributed by atoms with Gasteiger partial charge in [-0.15, -0.1) is 0 Å². The lowest BCUT2D eigenvalue weighted by molar-refractivity contribution is -0.139. The van der Waals surface area contributed by atoms with Gasteiger partial charge in [-0.3, -0.25) is 9.59 Å². The summed E-state index contributed by atoms with van der Waals surface area (Å²) in [5.74, 6) is -0.615. The average Bonchev–Trinajstić information content (AvgIpc) is 2.70. The number of methoxy groups -OCH3 is 1. The summed E-state index contributed by atoms with van der Waals surface area (Å²) in [5, 5.41) is 2.87. The molecule has 27 heavy (non-hydrogen) atoms. The number of nitrogens with zero attached hydrogens (tertiary/aromatic N) is 1. The molecule has 0 aromatic heterocycles. The number of esters is 1. The van der Waals surface area contributed by atoms with E-state index in [1.165, 1.54) is 26.4 Å². The molecule has 1 heterocycles. The van der Waals surface area contributed by atoms with Gasteiger partial charge in [0.15, 0.2) is 0 Å². The number of carbonyl (C=O) groups is 2. The predicted octanol–water partition coefficient (Wildman–Crippen LogP) is 3.23. The van der Waals surface area contributed by atoms with Crippen molar-refractivity contribution in [2.75, 3.05) is 36.1 Å². The fourth-order valence-electron chi connectivity index (χ4n) is 3.34. The summed E-state index contributed by atoms with van der Waals surface area (Å²) in [6, 6.07) is 12.6. The smallest absolute Gasteiger partial charge is 0.310 e. The van der Waals surface area contributed by atoms with Crippen LogP contribution in [0, 0.1) is 0 Å². The van der Waals surface area contributed by atoms with Gasteiger partial charge in [-0.2, -0.15) is 0 Å². The summed E-state index contributed by atoms with van der Waals surface area (Å²) >= 11 is 0. The van der Waals surface area contributed by atoms with Crippen molar-refractivity contribution >= 4 is 28.9 Å². The lowest BCUT2D eigenvalue weighted by Gasteiger charge is -2.30. The third-order valence-corrected chi connectivity index (χ3v) is 4.81. The van der Waals surface area contributed by atoms with Gasteiger partial charge in [-0.25, -0.2) is 0 Å². The van der Waals surface area contributed by atoms with Gasteiger partial charge < -0.3 is 20.7 Å². The number of nitrogens with two attached hydrogens (primary N) is 1. The molecule has 3 N–H and O–H groups in total. The number of para-hydroxylation sites is 1. The van der Waals surface area contributed by atoms with Gasteiger partial charge >= 0.3 is 5.97 Å². The van der Waals surface area contributed by atoms with Crippen molar-refractivity contribution in [1.29, 1.82) is 0 Å². The number of benzene rings is 2. The van der Waals surface area contributed by atoms with Crippen molar-refractivity contribution < 1.29 is 14.3 Å². The van der Waals surface area contributed by atoms with Crippen LogP contribution in [0.1, 0.15) is 35.2 Å². The van der Waals surface area contributed by atoms with Crippen LogP contribution in [0.15, 0.2) is 42.5 Å². The second-order valence-electron chi connectivity index (χ2n) is 6.69. The van der Waals surface area contributed by atoms with E-state index >= 15 is 0 Å². The maximum absolute atomic E-state index is 12.7. The van der Waals surface area contributed by atoms with E-state index in [0.717, 1.165) is 18.8 Å². The van der Waals surface area contributed by atoms with Gasteiger partial charge in [0.2, 0.25) is 0 Å². The Balaban J connectivity index is 1.75. The number of anilines is 3. The van der Waals surface area contributed by atoms with Gasteiger partial charge in [0.05, 0.1) is 24.9 Å². The number of carbonyl (C=O) groups excluding carboxylic acids is 2. The number of hydrogen-bond donors (Lipinski definition) is 2. The van der Waals surface area contributed by atoms with E-state index in [1.807, 2.05) is 18.2 Å². The monoisotopic (exact) mass is 367 g/mol. The number of rotatable bonds is 5. The fraction of sp³-hybridized carbons (Fsp3) is 0.333. The fourth-order valence-corrected chi connectivity index (χ4v) is 3.34. The first-order valence-corrected chi connectivity index (χ1v) is 9.19. The normalized spacial score (nSPS) is 13.9. The van der Waals surface area contributed by atoms with Gasteiger partial charge in [-0.1, -0.05) is 18.2 Å². The van der Waals surface area contributed by atoms with Crippen LogP contribution in [0.25, 0.3) is 0 Å². The summed E-state index contributed by atoms with van der Waals surface area (Å²) in [6.07, 6.45) is 3.68. The van der Waals surface area contributed by atoms with Gasteiger partial charge in [0.1, 0.15) is 0 Å². The summed E-state index contributed by atoms with van der Waals surface area (Å²) in [6.45, 7) is 1.99. The second-order valence-corrected chi connectivity index (χ2v) is 6.69. The highest BCUT2D eigenvalue weighted by molar-refractivity contribution is 6.06. The Morgan fingerprint density at radius 3 is 2.56 bits per heavy atom. The van der Waals surface area contributed by atoms with Crippen molar-refractivity contribution in [3.05, 3.63) is 53.6 Å². The predicted molar refractivity (Wildman–Crippen MR) is 107 cm³/mol. The van der Waals surface area contributed by atoms with Crippen molar-refractivity contribution in [2.45, 2.75) is 25.7 Å². The first-order chi connectivity index (χ1) is 13.1. The Kier molecular flexibility index (Phi) is 5.96. The minimum absolute atomic E-state index is 0.100. The molecule has 1 aliphatic rings. The highest BCUT2D eigenvalue weighted by Crippen LogP contribution is 2.27. The molecule has 3 rings (SSSR count). The molecule has 0 saturated carbocycles. The first-order valence-electron chi connectivity index (χ1n) is 9.19. The Morgan fingerprint density at radius 1 is 1.11 bits per heavy atom. The zero-order chi connectivity index (χ0) is 19.2. The molecule has 0 aliphatic carbocycles. The topological polar surface area (TPSA) is 84.7 Å². The summed E-state index contributed by atoms with van der Waals surface area (Å²) in [5.41, 5.74) is 9.58. The molecule has 1 amide bonds. The number of piperidine rings is 1. The number of hydrogen-bond acceptors (Lipinski definition) is 5. The molecule has 6 heteroatoms. The Morgan fingerprint density at radius 2 is 1.85 bits per heavy atom. The second kappa shape index (κ2) is 8.58. The molecule has 2 aromatic rings. The zero-order valence-electron chi connectivity index (χ0n) is 15.5. The molecule has 0 bridgehead atoms. The standard InChI is InChI=1S/C21H25N3O3/c1-27-20(25)14-15-7-3-4-8-18(15)23-21(26)16-9-10-19(17(22)13-16)24-11-5-2-6-12-24/h3-4,7-10,13H,2,5-6,11-12,14,22H2,1H3,(H,23,26). The van der Waals surface area contributed by atoms with Crippen LogP contribution >= 0.6 is 0 Å². The van der Waals surface area contributed by atoms with Gasteiger partial charge in [0.25, 0.3) is 5.91 Å². The Bertz CT molecular complexity index is 829. The molecular weight excluding hydrogens is 342 g/mol. The van der Waals surface area contributed by atoms with Crippen LogP contribution < -0.4 is 16.0 Å². The van der Waals surface area contributed by atoms with E-state index in [-0.39, 0.29) is 18.3 Å². The highest BCUT2D eigenvalue weighted by Gasteiger charge is 2.16. The van der Waals surface area contributed by atoms with E-state index < -0.39 is 0 Å². The van der Waals surface area contributed by atoms with Crippen LogP contribution in [0.2, 0.25) is 0 Å². The number of amides is 1. The molecule has 0 atom stereocenters. The van der Waals surface area contributed by atoms with Crippen LogP contribution in [0.3, 0.4) is 0 Å². The largest absolute Gasteiger partial charge is 0.469 e. The summed E-state index contributed by atoms with van der Waals surface area (Å²) < 4.78 is 4.71. The minimum atomic E-state index is -0.355. The Labute approximate surface area is 159 Å². The lowest BCUT2D eigenvalue weighted by atomic mass is 10.1. The molecule has 0 radical (unpaired) electrons. The van der Waals surface area contributed by atoms with Crippen LogP contribution in [-0.4, -0.2) is 32.1 Å². The average molecular weight is 367 g/mol. The van der Waals surface area contributed by atoms with E-state index in [2.05, 4.69) is 10.2 Å². The number of nitrogens with one attached hydrogen (secondary N) is 1.